The van der Waals surface area contributed by atoms with Crippen LogP contribution in [-0.4, -0.2) is 30.6 Å². The zero-order chi connectivity index (χ0) is 11.8. The molecule has 0 spiro atoms. The first-order valence-electron chi connectivity index (χ1n) is 7.18. The van der Waals surface area contributed by atoms with Crippen molar-refractivity contribution in [3.05, 3.63) is 0 Å². The van der Waals surface area contributed by atoms with E-state index in [1.165, 1.54) is 58.0 Å². The lowest BCUT2D eigenvalue weighted by Gasteiger charge is -2.20. The van der Waals surface area contributed by atoms with Gasteiger partial charge in [-0.15, -0.1) is 0 Å². The van der Waals surface area contributed by atoms with Crippen LogP contribution in [0.1, 0.15) is 58.8 Å². The molecule has 1 heterocycles. The Balaban J connectivity index is 1.91. The van der Waals surface area contributed by atoms with Crippen LogP contribution >= 0.6 is 0 Å². The highest BCUT2D eigenvalue weighted by Gasteiger charge is 2.24. The largest absolute Gasteiger partial charge is 0.330 e. The molecule has 0 radical (unpaired) electrons. The first-order chi connectivity index (χ1) is 7.74. The van der Waals surface area contributed by atoms with E-state index in [0.29, 0.717) is 0 Å². The molecule has 0 aromatic carbocycles. The zero-order valence-corrected chi connectivity index (χ0v) is 11.3. The van der Waals surface area contributed by atoms with Crippen LogP contribution in [0.3, 0.4) is 0 Å². The molecule has 1 aliphatic heterocycles. The highest BCUT2D eigenvalue weighted by molar-refractivity contribution is 4.79. The van der Waals surface area contributed by atoms with Crippen molar-refractivity contribution in [1.82, 2.24) is 4.90 Å². The third-order valence-corrected chi connectivity index (χ3v) is 3.81. The number of nitrogens with two attached hydrogens (primary N) is 1. The van der Waals surface area contributed by atoms with Gasteiger partial charge in [-0.25, -0.2) is 0 Å². The van der Waals surface area contributed by atoms with E-state index in [-0.39, 0.29) is 0 Å². The molecule has 1 rings (SSSR count). The predicted molar refractivity (Wildman–Crippen MR) is 71.6 cm³/mol. The second-order valence-corrected chi connectivity index (χ2v) is 5.59. The SMILES string of the molecule is C[C@H]1C[C@H](C)N(CCCCCCCCN)C1. The van der Waals surface area contributed by atoms with Gasteiger partial charge in [0.1, 0.15) is 0 Å². The summed E-state index contributed by atoms with van der Waals surface area (Å²) in [6, 6.07) is 0.826. The third-order valence-electron chi connectivity index (χ3n) is 3.81. The minimum atomic E-state index is 0.826. The van der Waals surface area contributed by atoms with E-state index in [9.17, 15) is 0 Å². The second-order valence-electron chi connectivity index (χ2n) is 5.59. The molecule has 0 saturated carbocycles. The highest BCUT2D eigenvalue weighted by Crippen LogP contribution is 2.22. The Bertz CT molecular complexity index is 170. The fourth-order valence-corrected chi connectivity index (χ4v) is 2.86. The van der Waals surface area contributed by atoms with Gasteiger partial charge in [-0.05, 0) is 45.2 Å². The van der Waals surface area contributed by atoms with E-state index in [1.54, 1.807) is 0 Å². The average Bonchev–Trinajstić information content (AvgIpc) is 2.56. The van der Waals surface area contributed by atoms with Crippen LogP contribution in [0.25, 0.3) is 0 Å². The molecule has 0 aromatic heterocycles. The maximum atomic E-state index is 5.47. The van der Waals surface area contributed by atoms with Gasteiger partial charge in [0.05, 0.1) is 0 Å². The molecule has 16 heavy (non-hydrogen) atoms. The monoisotopic (exact) mass is 226 g/mol. The van der Waals surface area contributed by atoms with Crippen LogP contribution < -0.4 is 5.73 Å². The predicted octanol–water partition coefficient (Wildman–Crippen LogP) is 3.02. The van der Waals surface area contributed by atoms with Gasteiger partial charge in [-0.1, -0.05) is 32.6 Å². The van der Waals surface area contributed by atoms with Crippen molar-refractivity contribution >= 4 is 0 Å². The van der Waals surface area contributed by atoms with E-state index in [2.05, 4.69) is 18.7 Å². The Morgan fingerprint density at radius 2 is 1.62 bits per heavy atom. The van der Waals surface area contributed by atoms with Gasteiger partial charge in [0, 0.05) is 12.6 Å². The lowest BCUT2D eigenvalue weighted by atomic mass is 10.1. The van der Waals surface area contributed by atoms with Gasteiger partial charge < -0.3 is 10.6 Å². The Morgan fingerprint density at radius 1 is 1.00 bits per heavy atom. The van der Waals surface area contributed by atoms with Crippen LogP contribution in [0, 0.1) is 5.92 Å². The highest BCUT2D eigenvalue weighted by atomic mass is 15.2. The fraction of sp³-hybridized carbons (Fsp3) is 1.00. The maximum absolute atomic E-state index is 5.47. The maximum Gasteiger partial charge on any atom is 0.00700 e. The normalized spacial score (nSPS) is 26.4. The molecule has 1 fully saturated rings. The van der Waals surface area contributed by atoms with Crippen molar-refractivity contribution in [2.45, 2.75) is 64.8 Å². The van der Waals surface area contributed by atoms with E-state index in [1.807, 2.05) is 0 Å². The third kappa shape index (κ3) is 5.31. The molecule has 0 aromatic rings. The molecule has 2 atom stereocenters. The number of hydrogen-bond acceptors (Lipinski definition) is 2. The number of rotatable bonds is 8. The minimum Gasteiger partial charge on any atom is -0.330 e. The lowest BCUT2D eigenvalue weighted by molar-refractivity contribution is 0.258. The quantitative estimate of drug-likeness (QED) is 0.645. The summed E-state index contributed by atoms with van der Waals surface area (Å²) in [5.41, 5.74) is 5.47. The minimum absolute atomic E-state index is 0.826. The van der Waals surface area contributed by atoms with Gasteiger partial charge in [0.25, 0.3) is 0 Å². The first-order valence-corrected chi connectivity index (χ1v) is 7.18. The smallest absolute Gasteiger partial charge is 0.00700 e. The van der Waals surface area contributed by atoms with Crippen molar-refractivity contribution in [2.24, 2.45) is 11.7 Å². The second kappa shape index (κ2) is 8.08. The van der Waals surface area contributed by atoms with E-state index in [4.69, 9.17) is 5.73 Å². The van der Waals surface area contributed by atoms with Gasteiger partial charge in [-0.3, -0.25) is 0 Å². The molecule has 2 heteroatoms. The number of hydrogen-bond donors (Lipinski definition) is 1. The lowest BCUT2D eigenvalue weighted by Crippen LogP contribution is -2.28. The average molecular weight is 226 g/mol. The number of unbranched alkanes of at least 4 members (excludes halogenated alkanes) is 5. The molecule has 0 amide bonds. The van der Waals surface area contributed by atoms with Crippen LogP contribution in [0.5, 0.6) is 0 Å². The molecule has 1 aliphatic rings. The summed E-state index contributed by atoms with van der Waals surface area (Å²) in [6.45, 7) is 8.27. The Hall–Kier alpha value is -0.0800. The summed E-state index contributed by atoms with van der Waals surface area (Å²) in [5.74, 6) is 0.916. The molecule has 0 bridgehead atoms. The zero-order valence-electron chi connectivity index (χ0n) is 11.3. The van der Waals surface area contributed by atoms with Crippen molar-refractivity contribution in [2.75, 3.05) is 19.6 Å². The van der Waals surface area contributed by atoms with E-state index in [0.717, 1.165) is 18.5 Å². The standard InChI is InChI=1S/C14H30N2/c1-13-11-14(2)16(12-13)10-8-6-4-3-5-7-9-15/h13-14H,3-12,15H2,1-2H3/t13-,14-/m0/s1. The van der Waals surface area contributed by atoms with E-state index >= 15 is 0 Å². The molecule has 0 unspecified atom stereocenters. The topological polar surface area (TPSA) is 29.3 Å². The van der Waals surface area contributed by atoms with Gasteiger partial charge in [0.2, 0.25) is 0 Å². The molecule has 0 aliphatic carbocycles. The van der Waals surface area contributed by atoms with Crippen molar-refractivity contribution in [1.29, 1.82) is 0 Å². The van der Waals surface area contributed by atoms with Gasteiger partial charge >= 0.3 is 0 Å². The van der Waals surface area contributed by atoms with Crippen LogP contribution in [-0.2, 0) is 0 Å². The molecular weight excluding hydrogens is 196 g/mol. The van der Waals surface area contributed by atoms with Crippen molar-refractivity contribution in [3.63, 3.8) is 0 Å². The van der Waals surface area contributed by atoms with Crippen LogP contribution in [0.2, 0.25) is 0 Å². The summed E-state index contributed by atoms with van der Waals surface area (Å²) >= 11 is 0. The van der Waals surface area contributed by atoms with E-state index < -0.39 is 0 Å². The molecule has 2 nitrogen and oxygen atoms in total. The summed E-state index contributed by atoms with van der Waals surface area (Å²) in [6.07, 6.45) is 9.51. The summed E-state index contributed by atoms with van der Waals surface area (Å²) in [5, 5.41) is 0. The Kier molecular flexibility index (Phi) is 7.06. The molecule has 1 saturated heterocycles. The Morgan fingerprint density at radius 3 is 2.19 bits per heavy atom. The molecule has 2 N–H and O–H groups in total. The fourth-order valence-electron chi connectivity index (χ4n) is 2.86. The molecular formula is C14H30N2. The van der Waals surface area contributed by atoms with Gasteiger partial charge in [-0.2, -0.15) is 0 Å². The Labute approximate surface area is 102 Å². The first kappa shape index (κ1) is 14.0. The number of nitrogens with zero attached hydrogens (tertiary/aromatic N) is 1. The summed E-state index contributed by atoms with van der Waals surface area (Å²) < 4.78 is 0. The van der Waals surface area contributed by atoms with Crippen molar-refractivity contribution in [3.8, 4) is 0 Å². The van der Waals surface area contributed by atoms with Gasteiger partial charge in [0.15, 0.2) is 0 Å². The number of likely N-dealkylation sites (tertiary alicyclic amines) is 1. The summed E-state index contributed by atoms with van der Waals surface area (Å²) in [7, 11) is 0. The molecule has 96 valence electrons. The van der Waals surface area contributed by atoms with Crippen LogP contribution in [0.15, 0.2) is 0 Å². The van der Waals surface area contributed by atoms with Crippen molar-refractivity contribution < 1.29 is 0 Å². The summed E-state index contributed by atoms with van der Waals surface area (Å²) in [4.78, 5) is 2.67. The van der Waals surface area contributed by atoms with Crippen LogP contribution in [0.4, 0.5) is 0 Å².